The first kappa shape index (κ1) is 14.7. The van der Waals surface area contributed by atoms with Gasteiger partial charge in [-0.05, 0) is 31.6 Å². The maximum Gasteiger partial charge on any atom is 0.228 e. The standard InChI is InChI=1S/C13H22N2O3/c1-3-12(17)15(9(2)16)8-10-4-6-11(7-5-10)13(14)18/h10-11H,3-8H2,1-2H3,(H2,14,18). The van der Waals surface area contributed by atoms with Gasteiger partial charge in [-0.25, -0.2) is 0 Å². The Balaban J connectivity index is 2.50. The van der Waals surface area contributed by atoms with Crippen LogP contribution in [0, 0.1) is 11.8 Å². The summed E-state index contributed by atoms with van der Waals surface area (Å²) >= 11 is 0. The van der Waals surface area contributed by atoms with E-state index in [9.17, 15) is 14.4 Å². The van der Waals surface area contributed by atoms with Crippen LogP contribution in [-0.2, 0) is 14.4 Å². The van der Waals surface area contributed by atoms with Gasteiger partial charge < -0.3 is 5.73 Å². The maximum atomic E-state index is 11.6. The van der Waals surface area contributed by atoms with Crippen LogP contribution < -0.4 is 5.73 Å². The summed E-state index contributed by atoms with van der Waals surface area (Å²) in [6.45, 7) is 3.65. The van der Waals surface area contributed by atoms with Crippen LogP contribution in [0.15, 0.2) is 0 Å². The lowest BCUT2D eigenvalue weighted by atomic mass is 9.81. The van der Waals surface area contributed by atoms with Crippen molar-refractivity contribution in [3.8, 4) is 0 Å². The molecule has 0 radical (unpaired) electrons. The molecule has 0 unspecified atom stereocenters. The van der Waals surface area contributed by atoms with Gasteiger partial charge in [-0.1, -0.05) is 6.92 Å². The number of hydrogen-bond acceptors (Lipinski definition) is 3. The van der Waals surface area contributed by atoms with Crippen molar-refractivity contribution in [3.05, 3.63) is 0 Å². The molecule has 0 saturated heterocycles. The molecule has 1 aliphatic carbocycles. The largest absolute Gasteiger partial charge is 0.369 e. The summed E-state index contributed by atoms with van der Waals surface area (Å²) in [5.41, 5.74) is 5.27. The van der Waals surface area contributed by atoms with E-state index < -0.39 is 0 Å². The second kappa shape index (κ2) is 6.52. The Morgan fingerprint density at radius 2 is 1.72 bits per heavy atom. The molecule has 0 aromatic heterocycles. The third-order valence-electron chi connectivity index (χ3n) is 3.67. The van der Waals surface area contributed by atoms with E-state index in [2.05, 4.69) is 0 Å². The first-order valence-electron chi connectivity index (χ1n) is 6.56. The number of amides is 3. The molecule has 1 fully saturated rings. The summed E-state index contributed by atoms with van der Waals surface area (Å²) in [5.74, 6) is -0.284. The van der Waals surface area contributed by atoms with E-state index in [1.54, 1.807) is 6.92 Å². The van der Waals surface area contributed by atoms with Crippen LogP contribution >= 0.6 is 0 Å². The van der Waals surface area contributed by atoms with Gasteiger partial charge in [-0.2, -0.15) is 0 Å². The van der Waals surface area contributed by atoms with Crippen LogP contribution in [0.4, 0.5) is 0 Å². The van der Waals surface area contributed by atoms with Crippen molar-refractivity contribution in [1.82, 2.24) is 4.90 Å². The van der Waals surface area contributed by atoms with Crippen LogP contribution in [-0.4, -0.2) is 29.2 Å². The highest BCUT2D eigenvalue weighted by Crippen LogP contribution is 2.29. The highest BCUT2D eigenvalue weighted by molar-refractivity contribution is 5.94. The topological polar surface area (TPSA) is 80.5 Å². The zero-order valence-corrected chi connectivity index (χ0v) is 11.1. The molecule has 0 aliphatic heterocycles. The molecular weight excluding hydrogens is 232 g/mol. The highest BCUT2D eigenvalue weighted by atomic mass is 16.2. The Morgan fingerprint density at radius 1 is 1.17 bits per heavy atom. The van der Waals surface area contributed by atoms with Crippen LogP contribution in [0.3, 0.4) is 0 Å². The van der Waals surface area contributed by atoms with E-state index >= 15 is 0 Å². The first-order chi connectivity index (χ1) is 8.45. The number of nitrogens with two attached hydrogens (primary N) is 1. The smallest absolute Gasteiger partial charge is 0.228 e. The monoisotopic (exact) mass is 254 g/mol. The lowest BCUT2D eigenvalue weighted by Crippen LogP contribution is -2.40. The third kappa shape index (κ3) is 3.82. The van der Waals surface area contributed by atoms with Crippen molar-refractivity contribution in [2.24, 2.45) is 17.6 Å². The van der Waals surface area contributed by atoms with Gasteiger partial charge in [0.15, 0.2) is 0 Å². The molecule has 0 heterocycles. The molecule has 5 heteroatoms. The molecule has 1 saturated carbocycles. The average molecular weight is 254 g/mol. The molecule has 1 aliphatic rings. The predicted octanol–water partition coefficient (Wildman–Crippen LogP) is 1.06. The Morgan fingerprint density at radius 3 is 2.11 bits per heavy atom. The van der Waals surface area contributed by atoms with Gasteiger partial charge in [0.25, 0.3) is 0 Å². The minimum atomic E-state index is -0.235. The zero-order chi connectivity index (χ0) is 13.7. The number of carbonyl (C=O) groups excluding carboxylic acids is 3. The summed E-state index contributed by atoms with van der Waals surface area (Å²) in [4.78, 5) is 35.4. The molecule has 0 atom stereocenters. The molecule has 0 aromatic carbocycles. The van der Waals surface area contributed by atoms with E-state index in [0.29, 0.717) is 18.9 Å². The number of primary amides is 1. The van der Waals surface area contributed by atoms with Crippen molar-refractivity contribution in [1.29, 1.82) is 0 Å². The summed E-state index contributed by atoms with van der Waals surface area (Å²) in [5, 5.41) is 0. The van der Waals surface area contributed by atoms with Crippen molar-refractivity contribution in [3.63, 3.8) is 0 Å². The minimum absolute atomic E-state index is 0.0334. The molecule has 0 spiro atoms. The number of carbonyl (C=O) groups is 3. The molecule has 18 heavy (non-hydrogen) atoms. The number of rotatable bonds is 4. The molecule has 2 N–H and O–H groups in total. The Hall–Kier alpha value is -1.39. The normalized spacial score (nSPS) is 23.4. The fourth-order valence-electron chi connectivity index (χ4n) is 2.48. The van der Waals surface area contributed by atoms with Crippen molar-refractivity contribution < 1.29 is 14.4 Å². The number of nitrogens with zero attached hydrogens (tertiary/aromatic N) is 1. The molecule has 0 aromatic rings. The molecule has 1 rings (SSSR count). The Bertz CT molecular complexity index is 333. The van der Waals surface area contributed by atoms with Crippen molar-refractivity contribution in [2.45, 2.75) is 46.0 Å². The van der Waals surface area contributed by atoms with Gasteiger partial charge in [0.1, 0.15) is 0 Å². The molecule has 0 bridgehead atoms. The minimum Gasteiger partial charge on any atom is -0.369 e. The van der Waals surface area contributed by atoms with Crippen LogP contribution in [0.2, 0.25) is 0 Å². The molecule has 3 amide bonds. The molecule has 102 valence electrons. The van der Waals surface area contributed by atoms with Crippen LogP contribution in [0.5, 0.6) is 0 Å². The van der Waals surface area contributed by atoms with Gasteiger partial charge in [-0.3, -0.25) is 19.3 Å². The fourth-order valence-corrected chi connectivity index (χ4v) is 2.48. The van der Waals surface area contributed by atoms with Gasteiger partial charge in [-0.15, -0.1) is 0 Å². The van der Waals surface area contributed by atoms with Gasteiger partial charge in [0.05, 0.1) is 0 Å². The van der Waals surface area contributed by atoms with E-state index in [4.69, 9.17) is 5.73 Å². The van der Waals surface area contributed by atoms with E-state index in [-0.39, 0.29) is 23.6 Å². The highest BCUT2D eigenvalue weighted by Gasteiger charge is 2.28. The summed E-state index contributed by atoms with van der Waals surface area (Å²) in [6.07, 6.45) is 3.59. The molecule has 5 nitrogen and oxygen atoms in total. The number of hydrogen-bond donors (Lipinski definition) is 1. The van der Waals surface area contributed by atoms with Gasteiger partial charge in [0, 0.05) is 25.8 Å². The fraction of sp³-hybridized carbons (Fsp3) is 0.769. The Kier molecular flexibility index (Phi) is 5.31. The van der Waals surface area contributed by atoms with Gasteiger partial charge in [0.2, 0.25) is 17.7 Å². The predicted molar refractivity (Wildman–Crippen MR) is 67.3 cm³/mol. The van der Waals surface area contributed by atoms with Gasteiger partial charge >= 0.3 is 0 Å². The maximum absolute atomic E-state index is 11.6. The Labute approximate surface area is 108 Å². The first-order valence-corrected chi connectivity index (χ1v) is 6.56. The summed E-state index contributed by atoms with van der Waals surface area (Å²) < 4.78 is 0. The van der Waals surface area contributed by atoms with Crippen molar-refractivity contribution in [2.75, 3.05) is 6.54 Å². The summed E-state index contributed by atoms with van der Waals surface area (Å²) in [7, 11) is 0. The second-order valence-electron chi connectivity index (χ2n) is 5.00. The quantitative estimate of drug-likeness (QED) is 0.814. The summed E-state index contributed by atoms with van der Waals surface area (Å²) in [6, 6.07) is 0. The van der Waals surface area contributed by atoms with Crippen LogP contribution in [0.1, 0.15) is 46.0 Å². The average Bonchev–Trinajstić information content (AvgIpc) is 2.35. The lowest BCUT2D eigenvalue weighted by Gasteiger charge is -2.30. The van der Waals surface area contributed by atoms with E-state index in [0.717, 1.165) is 25.7 Å². The molecular formula is C13H22N2O3. The van der Waals surface area contributed by atoms with Crippen molar-refractivity contribution >= 4 is 17.7 Å². The zero-order valence-electron chi connectivity index (χ0n) is 11.1. The third-order valence-corrected chi connectivity index (χ3v) is 3.67. The number of imide groups is 1. The SMILES string of the molecule is CCC(=O)N(CC1CCC(C(N)=O)CC1)C(C)=O. The van der Waals surface area contributed by atoms with E-state index in [1.165, 1.54) is 11.8 Å². The van der Waals surface area contributed by atoms with Crippen LogP contribution in [0.25, 0.3) is 0 Å². The van der Waals surface area contributed by atoms with E-state index in [1.807, 2.05) is 0 Å². The second-order valence-corrected chi connectivity index (χ2v) is 5.00. The lowest BCUT2D eigenvalue weighted by molar-refractivity contribution is -0.144.